The molecule has 0 saturated heterocycles. The molecule has 1 unspecified atom stereocenters. The third-order valence-corrected chi connectivity index (χ3v) is 6.28. The van der Waals surface area contributed by atoms with Gasteiger partial charge >= 0.3 is 0 Å². The number of carbonyl (C=O) groups is 1. The van der Waals surface area contributed by atoms with Gasteiger partial charge in [-0.15, -0.1) is 10.2 Å². The van der Waals surface area contributed by atoms with Crippen LogP contribution in [0.2, 0.25) is 0 Å². The normalized spacial score (nSPS) is 11.7. The zero-order chi connectivity index (χ0) is 20.6. The summed E-state index contributed by atoms with van der Waals surface area (Å²) in [7, 11) is 1.63. The van der Waals surface area contributed by atoms with Gasteiger partial charge in [-0.2, -0.15) is 0 Å². The third kappa shape index (κ3) is 5.95. The van der Waals surface area contributed by atoms with Crippen LogP contribution in [-0.2, 0) is 4.79 Å². The minimum absolute atomic E-state index is 0.0147. The number of nitrogens with zero attached hydrogens (tertiary/aromatic N) is 2. The largest absolute Gasteiger partial charge is 0.495 e. The predicted octanol–water partition coefficient (Wildman–Crippen LogP) is 4.96. The number of thioether (sulfide) groups is 1. The van der Waals surface area contributed by atoms with Gasteiger partial charge in [0.25, 0.3) is 0 Å². The number of amides is 1. The summed E-state index contributed by atoms with van der Waals surface area (Å²) in [4.78, 5) is 12.4. The summed E-state index contributed by atoms with van der Waals surface area (Å²) < 4.78 is 6.07. The number of anilines is 2. The zero-order valence-electron chi connectivity index (χ0n) is 16.6. The van der Waals surface area contributed by atoms with Crippen molar-refractivity contribution in [3.8, 4) is 5.75 Å². The van der Waals surface area contributed by atoms with Crippen LogP contribution in [0.25, 0.3) is 0 Å². The fourth-order valence-corrected chi connectivity index (χ4v) is 4.34. The molecule has 3 aromatic rings. The van der Waals surface area contributed by atoms with Crippen molar-refractivity contribution in [1.82, 2.24) is 15.5 Å². The van der Waals surface area contributed by atoms with Gasteiger partial charge in [-0.1, -0.05) is 72.0 Å². The molecule has 0 aliphatic rings. The van der Waals surface area contributed by atoms with Crippen LogP contribution in [-0.4, -0.2) is 29.0 Å². The van der Waals surface area contributed by atoms with Crippen molar-refractivity contribution in [1.29, 1.82) is 0 Å². The van der Waals surface area contributed by atoms with Crippen molar-refractivity contribution in [2.24, 2.45) is 0 Å². The van der Waals surface area contributed by atoms with Crippen molar-refractivity contribution < 1.29 is 9.53 Å². The molecule has 1 atom stereocenters. The van der Waals surface area contributed by atoms with Gasteiger partial charge in [-0.05, 0) is 31.0 Å². The molecule has 0 radical (unpaired) electrons. The summed E-state index contributed by atoms with van der Waals surface area (Å²) in [6.45, 7) is 4.12. The van der Waals surface area contributed by atoms with Crippen LogP contribution in [0.1, 0.15) is 30.5 Å². The van der Waals surface area contributed by atoms with Gasteiger partial charge in [0.2, 0.25) is 11.0 Å². The van der Waals surface area contributed by atoms with E-state index in [0.717, 1.165) is 27.8 Å². The number of rotatable bonds is 9. The lowest BCUT2D eigenvalue weighted by molar-refractivity contribution is -0.119. The van der Waals surface area contributed by atoms with Crippen LogP contribution >= 0.6 is 23.1 Å². The molecule has 0 saturated carbocycles. The Morgan fingerprint density at radius 2 is 1.93 bits per heavy atom. The van der Waals surface area contributed by atoms with Crippen LogP contribution < -0.4 is 15.4 Å². The van der Waals surface area contributed by atoms with Gasteiger partial charge < -0.3 is 15.4 Å². The molecule has 152 valence electrons. The summed E-state index contributed by atoms with van der Waals surface area (Å²) >= 11 is 2.79. The van der Waals surface area contributed by atoms with Crippen LogP contribution in [0.15, 0.2) is 52.9 Å². The average Bonchev–Trinajstić information content (AvgIpc) is 3.19. The first-order valence-electron chi connectivity index (χ1n) is 9.31. The lowest BCUT2D eigenvalue weighted by Crippen LogP contribution is -2.29. The van der Waals surface area contributed by atoms with Gasteiger partial charge in [0.05, 0.1) is 24.6 Å². The highest BCUT2D eigenvalue weighted by Crippen LogP contribution is 2.31. The Labute approximate surface area is 179 Å². The van der Waals surface area contributed by atoms with Gasteiger partial charge in [0.1, 0.15) is 5.75 Å². The summed E-state index contributed by atoms with van der Waals surface area (Å²) in [5, 5.41) is 15.3. The fraction of sp³-hybridized carbons (Fsp3) is 0.286. The summed E-state index contributed by atoms with van der Waals surface area (Å²) in [5.74, 6) is 1.01. The molecule has 0 fully saturated rings. The second kappa shape index (κ2) is 10.3. The number of nitrogens with one attached hydrogen (secondary N) is 2. The first-order chi connectivity index (χ1) is 14.1. The van der Waals surface area contributed by atoms with E-state index in [2.05, 4.69) is 58.9 Å². The van der Waals surface area contributed by atoms with Crippen molar-refractivity contribution in [2.75, 3.05) is 18.2 Å². The monoisotopic (exact) mass is 428 g/mol. The molecule has 2 aromatic carbocycles. The number of methoxy groups -OCH3 is 1. The predicted molar refractivity (Wildman–Crippen MR) is 119 cm³/mol. The van der Waals surface area contributed by atoms with Gasteiger partial charge in [-0.25, -0.2) is 0 Å². The van der Waals surface area contributed by atoms with Gasteiger partial charge in [0.15, 0.2) is 4.34 Å². The Bertz CT molecular complexity index is 944. The number of ether oxygens (including phenoxy) is 1. The first-order valence-corrected chi connectivity index (χ1v) is 11.1. The maximum Gasteiger partial charge on any atom is 0.230 e. The lowest BCUT2D eigenvalue weighted by atomic mass is 10.0. The van der Waals surface area contributed by atoms with E-state index in [1.807, 2.05) is 24.3 Å². The second-order valence-electron chi connectivity index (χ2n) is 6.43. The van der Waals surface area contributed by atoms with Crippen molar-refractivity contribution >= 4 is 39.8 Å². The lowest BCUT2D eigenvalue weighted by Gasteiger charge is -2.17. The van der Waals surface area contributed by atoms with Crippen LogP contribution in [0.3, 0.4) is 0 Å². The number of hydrogen-bond acceptors (Lipinski definition) is 7. The zero-order valence-corrected chi connectivity index (χ0v) is 18.3. The van der Waals surface area contributed by atoms with E-state index >= 15 is 0 Å². The van der Waals surface area contributed by atoms with Crippen molar-refractivity contribution in [2.45, 2.75) is 30.6 Å². The van der Waals surface area contributed by atoms with Gasteiger partial charge in [0, 0.05) is 0 Å². The minimum Gasteiger partial charge on any atom is -0.495 e. The molecule has 8 heteroatoms. The van der Waals surface area contributed by atoms with E-state index < -0.39 is 0 Å². The Morgan fingerprint density at radius 3 is 2.66 bits per heavy atom. The molecular formula is C21H24N4O2S2. The number of para-hydroxylation sites is 2. The highest BCUT2D eigenvalue weighted by Gasteiger charge is 2.14. The highest BCUT2D eigenvalue weighted by molar-refractivity contribution is 8.01. The smallest absolute Gasteiger partial charge is 0.230 e. The summed E-state index contributed by atoms with van der Waals surface area (Å²) in [6.07, 6.45) is 0.839. The Hall–Kier alpha value is -2.58. The van der Waals surface area contributed by atoms with E-state index in [4.69, 9.17) is 4.74 Å². The average molecular weight is 429 g/mol. The summed E-state index contributed by atoms with van der Waals surface area (Å²) in [5.41, 5.74) is 3.15. The van der Waals surface area contributed by atoms with E-state index in [1.165, 1.54) is 28.7 Å². The molecule has 6 nitrogen and oxygen atoms in total. The second-order valence-corrected chi connectivity index (χ2v) is 8.63. The van der Waals surface area contributed by atoms with Crippen LogP contribution in [0.5, 0.6) is 5.75 Å². The molecule has 0 aliphatic carbocycles. The Balaban J connectivity index is 1.53. The molecule has 2 N–H and O–H groups in total. The molecule has 0 aliphatic heterocycles. The molecule has 1 aromatic heterocycles. The van der Waals surface area contributed by atoms with E-state index in [9.17, 15) is 4.79 Å². The Morgan fingerprint density at radius 1 is 1.17 bits per heavy atom. The number of carbonyl (C=O) groups excluding carboxylic acids is 1. The minimum atomic E-state index is -0.0168. The molecule has 1 heterocycles. The SMILES string of the molecule is CCC(NC(=O)CSc1nnc(Nc2ccccc2OC)s1)c1ccc(C)cc1. The third-order valence-electron chi connectivity index (χ3n) is 4.30. The molecule has 29 heavy (non-hydrogen) atoms. The van der Waals surface area contributed by atoms with E-state index in [-0.39, 0.29) is 11.9 Å². The maximum absolute atomic E-state index is 12.4. The number of benzene rings is 2. The number of aryl methyl sites for hydroxylation is 1. The summed E-state index contributed by atoms with van der Waals surface area (Å²) in [6, 6.07) is 15.9. The Kier molecular flexibility index (Phi) is 7.48. The van der Waals surface area contributed by atoms with Crippen molar-refractivity contribution in [3.63, 3.8) is 0 Å². The topological polar surface area (TPSA) is 76.1 Å². The van der Waals surface area contributed by atoms with Gasteiger partial charge in [-0.3, -0.25) is 4.79 Å². The first kappa shape index (κ1) is 21.1. The standard InChI is InChI=1S/C21H24N4O2S2/c1-4-16(15-11-9-14(2)10-12-15)22-19(26)13-28-21-25-24-20(29-21)23-17-7-5-6-8-18(17)27-3/h5-12,16H,4,13H2,1-3H3,(H,22,26)(H,23,24). The van der Waals surface area contributed by atoms with Crippen molar-refractivity contribution in [3.05, 3.63) is 59.7 Å². The molecule has 0 spiro atoms. The van der Waals surface area contributed by atoms with E-state index in [0.29, 0.717) is 10.9 Å². The molecule has 3 rings (SSSR count). The highest BCUT2D eigenvalue weighted by atomic mass is 32.2. The number of hydrogen-bond donors (Lipinski definition) is 2. The van der Waals surface area contributed by atoms with Crippen LogP contribution in [0.4, 0.5) is 10.8 Å². The fourth-order valence-electron chi connectivity index (χ4n) is 2.76. The molecule has 0 bridgehead atoms. The van der Waals surface area contributed by atoms with E-state index in [1.54, 1.807) is 7.11 Å². The number of aromatic nitrogens is 2. The molecular weight excluding hydrogens is 404 g/mol. The maximum atomic E-state index is 12.4. The quantitative estimate of drug-likeness (QED) is 0.469. The van der Waals surface area contributed by atoms with Crippen LogP contribution in [0, 0.1) is 6.92 Å². The molecule has 1 amide bonds.